The van der Waals surface area contributed by atoms with Gasteiger partial charge < -0.3 is 19.3 Å². The Morgan fingerprint density at radius 1 is 0.931 bits per heavy atom. The number of benzene rings is 1. The van der Waals surface area contributed by atoms with Crippen LogP contribution >= 0.6 is 0 Å². The first-order valence-corrected chi connectivity index (χ1v) is 10.2. The lowest BCUT2D eigenvalue weighted by atomic mass is 9.98. The van der Waals surface area contributed by atoms with E-state index in [1.165, 1.54) is 12.0 Å². The summed E-state index contributed by atoms with van der Waals surface area (Å²) in [5.74, 6) is 2.04. The molecule has 0 bridgehead atoms. The molecule has 0 spiro atoms. The maximum Gasteiger partial charge on any atom is 0.272 e. The molecule has 3 heterocycles. The van der Waals surface area contributed by atoms with Gasteiger partial charge in [-0.2, -0.15) is 0 Å². The lowest BCUT2D eigenvalue weighted by molar-refractivity contribution is 0.0728. The van der Waals surface area contributed by atoms with Gasteiger partial charge in [0.05, 0.1) is 14.2 Å². The molecule has 4 rings (SSSR count). The Hall–Kier alpha value is -2.83. The van der Waals surface area contributed by atoms with Crippen molar-refractivity contribution in [3.8, 4) is 11.5 Å². The largest absolute Gasteiger partial charge is 0.493 e. The third-order valence-electron chi connectivity index (χ3n) is 5.71. The molecule has 29 heavy (non-hydrogen) atoms. The minimum atomic E-state index is -0.0470. The number of hydrogen-bond donors (Lipinski definition) is 0. The lowest BCUT2D eigenvalue weighted by Gasteiger charge is -2.30. The van der Waals surface area contributed by atoms with E-state index >= 15 is 0 Å². The third kappa shape index (κ3) is 3.99. The first-order chi connectivity index (χ1) is 14.1. The van der Waals surface area contributed by atoms with Gasteiger partial charge in [0, 0.05) is 31.9 Å². The van der Waals surface area contributed by atoms with Crippen molar-refractivity contribution in [2.75, 3.05) is 38.8 Å². The Morgan fingerprint density at radius 3 is 2.31 bits per heavy atom. The molecular weight excluding hydrogens is 368 g/mol. The van der Waals surface area contributed by atoms with Crippen LogP contribution in [0.3, 0.4) is 0 Å². The summed E-state index contributed by atoms with van der Waals surface area (Å²) < 4.78 is 10.8. The first-order valence-electron chi connectivity index (χ1n) is 10.2. The number of ether oxygens (including phenoxy) is 2. The molecule has 154 valence electrons. The van der Waals surface area contributed by atoms with Crippen molar-refractivity contribution in [1.82, 2.24) is 14.9 Å². The summed E-state index contributed by atoms with van der Waals surface area (Å²) >= 11 is 0. The molecule has 1 aromatic heterocycles. The monoisotopic (exact) mass is 396 g/mol. The Labute approximate surface area is 171 Å². The van der Waals surface area contributed by atoms with Crippen LogP contribution < -0.4 is 14.4 Å². The van der Waals surface area contributed by atoms with Crippen LogP contribution in [0.5, 0.6) is 11.5 Å². The van der Waals surface area contributed by atoms with E-state index in [1.807, 2.05) is 24.0 Å². The maximum atomic E-state index is 13.2. The van der Waals surface area contributed by atoms with Crippen LogP contribution in [-0.2, 0) is 13.0 Å². The molecule has 2 aliphatic rings. The van der Waals surface area contributed by atoms with E-state index in [0.717, 1.165) is 49.4 Å². The summed E-state index contributed by atoms with van der Waals surface area (Å²) in [6.07, 6.45) is 4.32. The number of anilines is 1. The highest BCUT2D eigenvalue weighted by Gasteiger charge is 2.26. The Balaban J connectivity index is 1.57. The molecule has 7 heteroatoms. The first kappa shape index (κ1) is 19.5. The molecule has 0 aliphatic carbocycles. The molecule has 1 fully saturated rings. The summed E-state index contributed by atoms with van der Waals surface area (Å²) in [5, 5.41) is 0. The molecule has 0 unspecified atom stereocenters. The van der Waals surface area contributed by atoms with Crippen molar-refractivity contribution >= 4 is 11.9 Å². The van der Waals surface area contributed by atoms with E-state index < -0.39 is 0 Å². The summed E-state index contributed by atoms with van der Waals surface area (Å²) in [4.78, 5) is 26.5. The Morgan fingerprint density at radius 2 is 1.62 bits per heavy atom. The van der Waals surface area contributed by atoms with Crippen molar-refractivity contribution in [3.05, 3.63) is 40.7 Å². The van der Waals surface area contributed by atoms with Crippen LogP contribution in [0.1, 0.15) is 46.6 Å². The van der Waals surface area contributed by atoms with Gasteiger partial charge in [0.1, 0.15) is 5.69 Å². The molecule has 0 N–H and O–H groups in total. The number of fused-ring (bicyclic) bond motifs is 1. The average molecular weight is 396 g/mol. The van der Waals surface area contributed by atoms with Gasteiger partial charge in [-0.1, -0.05) is 0 Å². The lowest BCUT2D eigenvalue weighted by Crippen LogP contribution is -2.37. The molecule has 0 saturated carbocycles. The van der Waals surface area contributed by atoms with E-state index in [0.29, 0.717) is 30.5 Å². The van der Waals surface area contributed by atoms with Crippen molar-refractivity contribution in [1.29, 1.82) is 0 Å². The quantitative estimate of drug-likeness (QED) is 0.792. The molecule has 2 aliphatic heterocycles. The summed E-state index contributed by atoms with van der Waals surface area (Å²) in [5.41, 5.74) is 3.58. The number of aromatic nitrogens is 2. The fourth-order valence-electron chi connectivity index (χ4n) is 4.12. The van der Waals surface area contributed by atoms with Gasteiger partial charge in [-0.25, -0.2) is 9.97 Å². The fraction of sp³-hybridized carbons (Fsp3) is 0.500. The van der Waals surface area contributed by atoms with Gasteiger partial charge in [0.25, 0.3) is 5.91 Å². The molecule has 7 nitrogen and oxygen atoms in total. The van der Waals surface area contributed by atoms with E-state index in [4.69, 9.17) is 9.47 Å². The van der Waals surface area contributed by atoms with Crippen LogP contribution in [0.4, 0.5) is 5.95 Å². The standard InChI is InChI=1S/C22H28N4O3/c1-15-11-18(24-22(23-15)25-8-5-4-6-9-25)21(27)26-10-7-16-12-19(28-2)20(29-3)13-17(16)14-26/h11-13H,4-10,14H2,1-3H3. The number of piperidine rings is 1. The van der Waals surface area contributed by atoms with E-state index in [2.05, 4.69) is 14.9 Å². The Bertz CT molecular complexity index is 909. The predicted octanol–water partition coefficient (Wildman–Crippen LogP) is 2.99. The van der Waals surface area contributed by atoms with Crippen molar-refractivity contribution < 1.29 is 14.3 Å². The topological polar surface area (TPSA) is 67.8 Å². The molecule has 0 radical (unpaired) electrons. The van der Waals surface area contributed by atoms with Crippen LogP contribution in [-0.4, -0.2) is 54.6 Å². The number of nitrogens with zero attached hydrogens (tertiary/aromatic N) is 4. The number of rotatable bonds is 4. The molecule has 1 aromatic carbocycles. The minimum absolute atomic E-state index is 0.0470. The van der Waals surface area contributed by atoms with Crippen molar-refractivity contribution in [2.45, 2.75) is 39.2 Å². The number of aryl methyl sites for hydroxylation is 1. The normalized spacial score (nSPS) is 16.4. The zero-order valence-corrected chi connectivity index (χ0v) is 17.4. The zero-order valence-electron chi connectivity index (χ0n) is 17.4. The van der Waals surface area contributed by atoms with Gasteiger partial charge in [-0.05, 0) is 61.9 Å². The van der Waals surface area contributed by atoms with Crippen molar-refractivity contribution in [3.63, 3.8) is 0 Å². The van der Waals surface area contributed by atoms with Gasteiger partial charge in [-0.3, -0.25) is 4.79 Å². The highest BCUT2D eigenvalue weighted by molar-refractivity contribution is 5.93. The zero-order chi connectivity index (χ0) is 20.4. The van der Waals surface area contributed by atoms with Crippen LogP contribution in [0, 0.1) is 6.92 Å². The molecule has 1 saturated heterocycles. The van der Waals surface area contributed by atoms with Gasteiger partial charge in [-0.15, -0.1) is 0 Å². The Kier molecular flexibility index (Phi) is 5.56. The van der Waals surface area contributed by atoms with E-state index in [9.17, 15) is 4.79 Å². The number of hydrogen-bond acceptors (Lipinski definition) is 6. The summed E-state index contributed by atoms with van der Waals surface area (Å²) in [6.45, 7) is 5.03. The van der Waals surface area contributed by atoms with Gasteiger partial charge in [0.2, 0.25) is 5.95 Å². The second-order valence-corrected chi connectivity index (χ2v) is 7.69. The smallest absolute Gasteiger partial charge is 0.272 e. The maximum absolute atomic E-state index is 13.2. The number of methoxy groups -OCH3 is 2. The summed E-state index contributed by atoms with van der Waals surface area (Å²) in [6, 6.07) is 5.77. The third-order valence-corrected chi connectivity index (χ3v) is 5.71. The van der Waals surface area contributed by atoms with Crippen LogP contribution in [0.2, 0.25) is 0 Å². The van der Waals surface area contributed by atoms with Gasteiger partial charge >= 0.3 is 0 Å². The molecule has 0 atom stereocenters. The number of carbonyl (C=O) groups is 1. The van der Waals surface area contributed by atoms with E-state index in [-0.39, 0.29) is 5.91 Å². The summed E-state index contributed by atoms with van der Waals surface area (Å²) in [7, 11) is 3.27. The fourth-order valence-corrected chi connectivity index (χ4v) is 4.12. The highest BCUT2D eigenvalue weighted by Crippen LogP contribution is 2.33. The second kappa shape index (κ2) is 8.27. The van der Waals surface area contributed by atoms with E-state index in [1.54, 1.807) is 20.3 Å². The molecule has 1 amide bonds. The number of carbonyl (C=O) groups excluding carboxylic acids is 1. The highest BCUT2D eigenvalue weighted by atomic mass is 16.5. The second-order valence-electron chi connectivity index (χ2n) is 7.69. The van der Waals surface area contributed by atoms with Crippen LogP contribution in [0.25, 0.3) is 0 Å². The predicted molar refractivity (Wildman–Crippen MR) is 111 cm³/mol. The number of amides is 1. The minimum Gasteiger partial charge on any atom is -0.493 e. The SMILES string of the molecule is COc1cc2c(cc1OC)CN(C(=O)c1cc(C)nc(N3CCCCC3)n1)CC2. The molecular formula is C22H28N4O3. The molecule has 2 aromatic rings. The van der Waals surface area contributed by atoms with Crippen LogP contribution in [0.15, 0.2) is 18.2 Å². The van der Waals surface area contributed by atoms with Gasteiger partial charge in [0.15, 0.2) is 11.5 Å². The van der Waals surface area contributed by atoms with Crippen molar-refractivity contribution in [2.24, 2.45) is 0 Å². The average Bonchev–Trinajstić information content (AvgIpc) is 2.77.